The molecule has 0 unspecified atom stereocenters. The number of carbonyl (C=O) groups excluding carboxylic acids is 1. The quantitative estimate of drug-likeness (QED) is 0.743. The average Bonchev–Trinajstić information content (AvgIpc) is 3.26. The molecule has 2 nitrogen and oxygen atoms in total. The minimum atomic E-state index is 0.411. The van der Waals surface area contributed by atoms with Crippen LogP contribution in [-0.2, 0) is 4.79 Å². The van der Waals surface area contributed by atoms with E-state index >= 15 is 0 Å². The van der Waals surface area contributed by atoms with E-state index in [-0.39, 0.29) is 0 Å². The van der Waals surface area contributed by atoms with Gasteiger partial charge in [0, 0.05) is 18.0 Å². The fourth-order valence-electron chi connectivity index (χ4n) is 3.92. The lowest BCUT2D eigenvalue weighted by molar-refractivity contribution is -0.139. The highest BCUT2D eigenvalue weighted by molar-refractivity contribution is 5.81. The molecule has 1 amide bonds. The predicted molar refractivity (Wildman–Crippen MR) is 73.3 cm³/mol. The first-order chi connectivity index (χ1) is 8.86. The van der Waals surface area contributed by atoms with Crippen molar-refractivity contribution in [2.45, 2.75) is 89.1 Å². The highest BCUT2D eigenvalue weighted by atomic mass is 16.2. The summed E-state index contributed by atoms with van der Waals surface area (Å²) < 4.78 is 0. The van der Waals surface area contributed by atoms with Crippen LogP contribution in [0.1, 0.15) is 77.0 Å². The number of nitrogens with zero attached hydrogens (tertiary/aromatic N) is 1. The number of amides is 1. The van der Waals surface area contributed by atoms with E-state index in [1.807, 2.05) is 0 Å². The molecule has 0 bridgehead atoms. The Kier molecular flexibility index (Phi) is 3.91. The molecule has 0 radical (unpaired) electrons. The highest BCUT2D eigenvalue weighted by Crippen LogP contribution is 2.37. The van der Waals surface area contributed by atoms with Crippen LogP contribution in [0.5, 0.6) is 0 Å². The van der Waals surface area contributed by atoms with Crippen molar-refractivity contribution in [1.29, 1.82) is 0 Å². The van der Waals surface area contributed by atoms with Crippen molar-refractivity contribution >= 4 is 5.91 Å². The average molecular weight is 249 g/mol. The Morgan fingerprint density at radius 3 is 1.50 bits per heavy atom. The topological polar surface area (TPSA) is 20.3 Å². The van der Waals surface area contributed by atoms with Gasteiger partial charge in [0.15, 0.2) is 0 Å². The van der Waals surface area contributed by atoms with Crippen LogP contribution in [0.2, 0.25) is 0 Å². The van der Waals surface area contributed by atoms with Crippen LogP contribution in [0.25, 0.3) is 0 Å². The van der Waals surface area contributed by atoms with Crippen molar-refractivity contribution < 1.29 is 4.79 Å². The van der Waals surface area contributed by atoms with Gasteiger partial charge in [-0.15, -0.1) is 0 Å². The third kappa shape index (κ3) is 2.73. The van der Waals surface area contributed by atoms with Crippen molar-refractivity contribution in [2.75, 3.05) is 0 Å². The maximum atomic E-state index is 12.6. The van der Waals surface area contributed by atoms with Crippen LogP contribution in [0, 0.1) is 5.92 Å². The van der Waals surface area contributed by atoms with E-state index in [0.29, 0.717) is 23.9 Å². The lowest BCUT2D eigenvalue weighted by Crippen LogP contribution is -2.49. The Balaban J connectivity index is 1.70. The molecule has 3 aliphatic rings. The van der Waals surface area contributed by atoms with Crippen molar-refractivity contribution in [3.8, 4) is 0 Å². The summed E-state index contributed by atoms with van der Waals surface area (Å²) in [5.41, 5.74) is 0. The molecular weight excluding hydrogens is 222 g/mol. The number of hydrogen-bond acceptors (Lipinski definition) is 1. The molecule has 0 saturated heterocycles. The molecule has 3 aliphatic carbocycles. The zero-order chi connectivity index (χ0) is 12.4. The molecule has 0 heterocycles. The second-order valence-electron chi connectivity index (χ2n) is 6.60. The van der Waals surface area contributed by atoms with Crippen LogP contribution >= 0.6 is 0 Å². The van der Waals surface area contributed by atoms with Gasteiger partial charge in [0.05, 0.1) is 0 Å². The Morgan fingerprint density at radius 1 is 0.667 bits per heavy atom. The third-order valence-electron chi connectivity index (χ3n) is 5.12. The number of rotatable bonds is 3. The molecule has 102 valence electrons. The normalized spacial score (nSPS) is 27.1. The maximum absolute atomic E-state index is 12.6. The second kappa shape index (κ2) is 5.63. The molecule has 18 heavy (non-hydrogen) atoms. The fourth-order valence-corrected chi connectivity index (χ4v) is 3.92. The van der Waals surface area contributed by atoms with E-state index in [0.717, 1.165) is 12.8 Å². The van der Waals surface area contributed by atoms with Gasteiger partial charge >= 0.3 is 0 Å². The summed E-state index contributed by atoms with van der Waals surface area (Å²) in [5, 5.41) is 0. The molecular formula is C16H27NO. The maximum Gasteiger partial charge on any atom is 0.226 e. The first-order valence-electron chi connectivity index (χ1n) is 8.18. The molecule has 0 N–H and O–H groups in total. The third-order valence-corrected chi connectivity index (χ3v) is 5.12. The molecule has 0 atom stereocenters. The summed E-state index contributed by atoms with van der Waals surface area (Å²) in [6, 6.07) is 1.19. The van der Waals surface area contributed by atoms with Crippen molar-refractivity contribution in [2.24, 2.45) is 5.92 Å². The molecule has 0 aliphatic heterocycles. The smallest absolute Gasteiger partial charge is 0.226 e. The van der Waals surface area contributed by atoms with Crippen molar-refractivity contribution in [1.82, 2.24) is 4.90 Å². The molecule has 0 aromatic rings. The Labute approximate surface area is 111 Å². The van der Waals surface area contributed by atoms with Crippen molar-refractivity contribution in [3.63, 3.8) is 0 Å². The predicted octanol–water partition coefficient (Wildman–Crippen LogP) is 3.89. The van der Waals surface area contributed by atoms with Gasteiger partial charge in [-0.05, 0) is 38.5 Å². The molecule has 2 heteroatoms. The first kappa shape index (κ1) is 12.5. The summed E-state index contributed by atoms with van der Waals surface area (Å²) in [4.78, 5) is 15.0. The monoisotopic (exact) mass is 249 g/mol. The van der Waals surface area contributed by atoms with Crippen LogP contribution < -0.4 is 0 Å². The molecule has 0 spiro atoms. The summed E-state index contributed by atoms with van der Waals surface area (Å²) in [5.74, 6) is 0.933. The number of carbonyl (C=O) groups is 1. The van der Waals surface area contributed by atoms with Gasteiger partial charge in [-0.1, -0.05) is 38.5 Å². The minimum Gasteiger partial charge on any atom is -0.336 e. The van der Waals surface area contributed by atoms with Crippen molar-refractivity contribution in [3.05, 3.63) is 0 Å². The molecule has 3 rings (SSSR count). The lowest BCUT2D eigenvalue weighted by Gasteiger charge is -2.42. The zero-order valence-electron chi connectivity index (χ0n) is 11.6. The first-order valence-corrected chi connectivity index (χ1v) is 8.18. The highest BCUT2D eigenvalue weighted by Gasteiger charge is 2.39. The lowest BCUT2D eigenvalue weighted by atomic mass is 9.88. The molecule has 3 saturated carbocycles. The largest absolute Gasteiger partial charge is 0.336 e. The zero-order valence-corrected chi connectivity index (χ0v) is 11.6. The van der Waals surface area contributed by atoms with Gasteiger partial charge in [-0.2, -0.15) is 0 Å². The van der Waals surface area contributed by atoms with E-state index in [1.165, 1.54) is 64.2 Å². The SMILES string of the molecule is O=C(C1CC1)N(C1CCCCC1)C1CCCCC1. The fraction of sp³-hybridized carbons (Fsp3) is 0.938. The van der Waals surface area contributed by atoms with Gasteiger partial charge < -0.3 is 4.90 Å². The summed E-state index contributed by atoms with van der Waals surface area (Å²) in [6.07, 6.45) is 15.5. The Morgan fingerprint density at radius 2 is 1.11 bits per heavy atom. The van der Waals surface area contributed by atoms with Crippen LogP contribution in [-0.4, -0.2) is 22.9 Å². The van der Waals surface area contributed by atoms with Gasteiger partial charge in [-0.25, -0.2) is 0 Å². The van der Waals surface area contributed by atoms with Crippen LogP contribution in [0.15, 0.2) is 0 Å². The van der Waals surface area contributed by atoms with Gasteiger partial charge in [0.2, 0.25) is 5.91 Å². The molecule has 0 aromatic carbocycles. The van der Waals surface area contributed by atoms with E-state index in [4.69, 9.17) is 0 Å². The minimum absolute atomic E-state index is 0.411. The van der Waals surface area contributed by atoms with Gasteiger partial charge in [0.25, 0.3) is 0 Å². The van der Waals surface area contributed by atoms with E-state index in [2.05, 4.69) is 4.90 Å². The summed E-state index contributed by atoms with van der Waals surface area (Å²) >= 11 is 0. The van der Waals surface area contributed by atoms with E-state index in [9.17, 15) is 4.79 Å². The number of hydrogen-bond donors (Lipinski definition) is 0. The van der Waals surface area contributed by atoms with Crippen LogP contribution in [0.3, 0.4) is 0 Å². The summed E-state index contributed by atoms with van der Waals surface area (Å²) in [6.45, 7) is 0. The van der Waals surface area contributed by atoms with Gasteiger partial charge in [-0.3, -0.25) is 4.79 Å². The second-order valence-corrected chi connectivity index (χ2v) is 6.60. The van der Waals surface area contributed by atoms with E-state index in [1.54, 1.807) is 0 Å². The van der Waals surface area contributed by atoms with Crippen LogP contribution in [0.4, 0.5) is 0 Å². The summed E-state index contributed by atoms with van der Waals surface area (Å²) in [7, 11) is 0. The van der Waals surface area contributed by atoms with Gasteiger partial charge in [0.1, 0.15) is 0 Å². The standard InChI is InChI=1S/C16H27NO/c18-16(13-11-12-13)17(14-7-3-1-4-8-14)15-9-5-2-6-10-15/h13-15H,1-12H2. The van der Waals surface area contributed by atoms with E-state index < -0.39 is 0 Å². The Hall–Kier alpha value is -0.530. The molecule has 0 aromatic heterocycles. The Bertz CT molecular complexity index is 267. The molecule has 3 fully saturated rings.